The molecule has 2 rings (SSSR count). The lowest BCUT2D eigenvalue weighted by molar-refractivity contribution is -0.149. The Kier molecular flexibility index (Phi) is 5.95. The summed E-state index contributed by atoms with van der Waals surface area (Å²) < 4.78 is 0. The molecular weight excluding hydrogens is 280 g/mol. The first-order valence-corrected chi connectivity index (χ1v) is 7.90. The van der Waals surface area contributed by atoms with Gasteiger partial charge in [-0.3, -0.25) is 14.5 Å². The van der Waals surface area contributed by atoms with E-state index in [1.165, 1.54) is 5.56 Å². The van der Waals surface area contributed by atoms with Crippen LogP contribution in [0.25, 0.3) is 0 Å². The first-order chi connectivity index (χ1) is 10.6. The van der Waals surface area contributed by atoms with Crippen molar-refractivity contribution in [2.45, 2.75) is 32.2 Å². The van der Waals surface area contributed by atoms with Crippen molar-refractivity contribution in [2.24, 2.45) is 0 Å². The Hall–Kier alpha value is -1.88. The number of amides is 1. The molecule has 1 heterocycles. The van der Waals surface area contributed by atoms with Crippen LogP contribution >= 0.6 is 0 Å². The number of nitrogens with zero attached hydrogens (tertiary/aromatic N) is 2. The van der Waals surface area contributed by atoms with E-state index in [1.54, 1.807) is 4.90 Å². The van der Waals surface area contributed by atoms with Crippen LogP contribution in [0.1, 0.15) is 25.3 Å². The zero-order valence-corrected chi connectivity index (χ0v) is 13.1. The molecule has 0 bridgehead atoms. The minimum absolute atomic E-state index is 0.0384. The number of rotatable bonds is 7. The Labute approximate surface area is 131 Å². The largest absolute Gasteiger partial charge is 0.481 e. The van der Waals surface area contributed by atoms with E-state index >= 15 is 0 Å². The SMILES string of the molecule is CCCN1CCN(CCc2ccccc2)C(CC(=O)O)C1=O. The van der Waals surface area contributed by atoms with E-state index in [1.807, 2.05) is 30.0 Å². The highest BCUT2D eigenvalue weighted by Crippen LogP contribution is 2.16. The Morgan fingerprint density at radius 2 is 1.95 bits per heavy atom. The molecule has 22 heavy (non-hydrogen) atoms. The van der Waals surface area contributed by atoms with Crippen molar-refractivity contribution in [3.05, 3.63) is 35.9 Å². The van der Waals surface area contributed by atoms with E-state index in [0.717, 1.165) is 19.4 Å². The molecule has 1 aliphatic heterocycles. The van der Waals surface area contributed by atoms with Gasteiger partial charge in [-0.1, -0.05) is 37.3 Å². The summed E-state index contributed by atoms with van der Waals surface area (Å²) >= 11 is 0. The van der Waals surface area contributed by atoms with Crippen molar-refractivity contribution in [3.63, 3.8) is 0 Å². The predicted octanol–water partition coefficient (Wildman–Crippen LogP) is 1.63. The van der Waals surface area contributed by atoms with Crippen LogP contribution in [0.15, 0.2) is 30.3 Å². The van der Waals surface area contributed by atoms with Gasteiger partial charge in [0.2, 0.25) is 5.91 Å². The van der Waals surface area contributed by atoms with Crippen molar-refractivity contribution in [1.29, 1.82) is 0 Å². The Balaban J connectivity index is 2.01. The fourth-order valence-electron chi connectivity index (χ4n) is 2.94. The van der Waals surface area contributed by atoms with Crippen LogP contribution in [0.4, 0.5) is 0 Å². The molecule has 0 aromatic heterocycles. The minimum atomic E-state index is -0.915. The van der Waals surface area contributed by atoms with Crippen molar-refractivity contribution < 1.29 is 14.7 Å². The van der Waals surface area contributed by atoms with Gasteiger partial charge in [-0.05, 0) is 18.4 Å². The summed E-state index contributed by atoms with van der Waals surface area (Å²) in [6.45, 7) is 4.89. The van der Waals surface area contributed by atoms with Crippen LogP contribution in [0.3, 0.4) is 0 Å². The van der Waals surface area contributed by atoms with Crippen LogP contribution < -0.4 is 0 Å². The van der Waals surface area contributed by atoms with E-state index in [-0.39, 0.29) is 12.3 Å². The highest BCUT2D eigenvalue weighted by Gasteiger charge is 2.35. The number of piperazine rings is 1. The minimum Gasteiger partial charge on any atom is -0.481 e. The van der Waals surface area contributed by atoms with Gasteiger partial charge < -0.3 is 10.0 Å². The molecule has 120 valence electrons. The molecule has 1 saturated heterocycles. The summed E-state index contributed by atoms with van der Waals surface area (Å²) in [7, 11) is 0. The summed E-state index contributed by atoms with van der Waals surface area (Å²) in [4.78, 5) is 27.4. The molecule has 1 atom stereocenters. The average Bonchev–Trinajstić information content (AvgIpc) is 2.51. The summed E-state index contributed by atoms with van der Waals surface area (Å²) in [6.07, 6.45) is 1.61. The highest BCUT2D eigenvalue weighted by molar-refractivity contribution is 5.86. The quantitative estimate of drug-likeness (QED) is 0.831. The average molecular weight is 304 g/mol. The van der Waals surface area contributed by atoms with Crippen LogP contribution in [0, 0.1) is 0 Å². The lowest BCUT2D eigenvalue weighted by Crippen LogP contribution is -2.58. The highest BCUT2D eigenvalue weighted by atomic mass is 16.4. The van der Waals surface area contributed by atoms with Gasteiger partial charge in [0, 0.05) is 26.2 Å². The second kappa shape index (κ2) is 7.94. The number of hydrogen-bond acceptors (Lipinski definition) is 3. The molecule has 0 spiro atoms. The van der Waals surface area contributed by atoms with Crippen molar-refractivity contribution in [2.75, 3.05) is 26.2 Å². The van der Waals surface area contributed by atoms with Crippen LogP contribution in [0.2, 0.25) is 0 Å². The molecule has 1 amide bonds. The third-order valence-corrected chi connectivity index (χ3v) is 4.09. The van der Waals surface area contributed by atoms with E-state index in [4.69, 9.17) is 5.11 Å². The van der Waals surface area contributed by atoms with Crippen LogP contribution in [0.5, 0.6) is 0 Å². The Bertz CT molecular complexity index is 504. The van der Waals surface area contributed by atoms with Gasteiger partial charge in [-0.25, -0.2) is 0 Å². The van der Waals surface area contributed by atoms with E-state index in [2.05, 4.69) is 12.1 Å². The molecule has 1 aromatic carbocycles. The number of benzene rings is 1. The predicted molar refractivity (Wildman–Crippen MR) is 84.6 cm³/mol. The second-order valence-electron chi connectivity index (χ2n) is 5.71. The summed E-state index contributed by atoms with van der Waals surface area (Å²) in [6, 6.07) is 9.55. The molecule has 0 aliphatic carbocycles. The maximum Gasteiger partial charge on any atom is 0.305 e. The molecule has 1 aromatic rings. The fraction of sp³-hybridized carbons (Fsp3) is 0.529. The van der Waals surface area contributed by atoms with Crippen LogP contribution in [-0.2, 0) is 16.0 Å². The molecule has 1 unspecified atom stereocenters. The van der Waals surface area contributed by atoms with Crippen LogP contribution in [-0.4, -0.2) is 59.0 Å². The van der Waals surface area contributed by atoms with Gasteiger partial charge >= 0.3 is 5.97 Å². The maximum atomic E-state index is 12.5. The molecule has 0 radical (unpaired) electrons. The van der Waals surface area contributed by atoms with Crippen molar-refractivity contribution in [1.82, 2.24) is 9.80 Å². The smallest absolute Gasteiger partial charge is 0.305 e. The van der Waals surface area contributed by atoms with Crippen molar-refractivity contribution in [3.8, 4) is 0 Å². The molecule has 1 aliphatic rings. The normalized spacial score (nSPS) is 19.4. The second-order valence-corrected chi connectivity index (χ2v) is 5.71. The van der Waals surface area contributed by atoms with Crippen molar-refractivity contribution >= 4 is 11.9 Å². The zero-order chi connectivity index (χ0) is 15.9. The Morgan fingerprint density at radius 1 is 1.23 bits per heavy atom. The Morgan fingerprint density at radius 3 is 2.59 bits per heavy atom. The first-order valence-electron chi connectivity index (χ1n) is 7.90. The van der Waals surface area contributed by atoms with E-state index < -0.39 is 12.0 Å². The number of carboxylic acids is 1. The third-order valence-electron chi connectivity index (χ3n) is 4.09. The molecule has 1 N–H and O–H groups in total. The lowest BCUT2D eigenvalue weighted by Gasteiger charge is -2.40. The van der Waals surface area contributed by atoms with Gasteiger partial charge in [0.15, 0.2) is 0 Å². The molecular formula is C17H24N2O3. The fourth-order valence-corrected chi connectivity index (χ4v) is 2.94. The van der Waals surface area contributed by atoms with Gasteiger partial charge in [0.1, 0.15) is 0 Å². The summed E-state index contributed by atoms with van der Waals surface area (Å²) in [5.41, 5.74) is 1.21. The number of carbonyl (C=O) groups is 2. The monoisotopic (exact) mass is 304 g/mol. The van der Waals surface area contributed by atoms with Gasteiger partial charge in [-0.2, -0.15) is 0 Å². The molecule has 5 heteroatoms. The number of hydrogen-bond donors (Lipinski definition) is 1. The number of carboxylic acid groups (broad SMARTS) is 1. The lowest BCUT2D eigenvalue weighted by atomic mass is 10.1. The topological polar surface area (TPSA) is 60.9 Å². The molecule has 5 nitrogen and oxygen atoms in total. The van der Waals surface area contributed by atoms with Gasteiger partial charge in [0.05, 0.1) is 12.5 Å². The number of carbonyl (C=O) groups excluding carboxylic acids is 1. The first kappa shape index (κ1) is 16.5. The van der Waals surface area contributed by atoms with Gasteiger partial charge in [0.25, 0.3) is 0 Å². The summed E-state index contributed by atoms with van der Waals surface area (Å²) in [5, 5.41) is 9.11. The number of aliphatic carboxylic acids is 1. The zero-order valence-electron chi connectivity index (χ0n) is 13.1. The van der Waals surface area contributed by atoms with E-state index in [0.29, 0.717) is 19.6 Å². The molecule has 0 saturated carbocycles. The van der Waals surface area contributed by atoms with Gasteiger partial charge in [-0.15, -0.1) is 0 Å². The standard InChI is InChI=1S/C17H24N2O3/c1-2-9-19-12-11-18(15(17(19)22)13-16(20)21)10-8-14-6-4-3-5-7-14/h3-7,15H,2,8-13H2,1H3,(H,20,21). The third kappa shape index (κ3) is 4.31. The maximum absolute atomic E-state index is 12.5. The molecule has 1 fully saturated rings. The van der Waals surface area contributed by atoms with E-state index in [9.17, 15) is 9.59 Å². The summed E-state index contributed by atoms with van der Waals surface area (Å²) in [5.74, 6) is -0.954.